The van der Waals surface area contributed by atoms with Crippen LogP contribution in [0.2, 0.25) is 0 Å². The number of carbonyl (C=O) groups excluding carboxylic acids is 1. The zero-order valence-corrected chi connectivity index (χ0v) is 9.08. The highest BCUT2D eigenvalue weighted by molar-refractivity contribution is 5.67. The topological polar surface area (TPSA) is 41.6 Å². The van der Waals surface area contributed by atoms with Crippen LogP contribution in [0.25, 0.3) is 0 Å². The summed E-state index contributed by atoms with van der Waals surface area (Å²) in [5.74, 6) is 0.586. The number of piperidine rings is 1. The van der Waals surface area contributed by atoms with E-state index >= 15 is 0 Å². The van der Waals surface area contributed by atoms with E-state index in [9.17, 15) is 4.79 Å². The zero-order valence-electron chi connectivity index (χ0n) is 9.08. The van der Waals surface area contributed by atoms with E-state index < -0.39 is 0 Å². The standard InChI is InChI=1S/C10H20N2O2/c1-3-12(10(13)14-2)8-9-5-4-6-11-7-9/h9,11H,3-8H2,1-2H3. The largest absolute Gasteiger partial charge is 0.453 e. The quantitative estimate of drug-likeness (QED) is 0.741. The Morgan fingerprint density at radius 1 is 1.64 bits per heavy atom. The normalized spacial score (nSPS) is 21.7. The van der Waals surface area contributed by atoms with Crippen LogP contribution < -0.4 is 5.32 Å². The fourth-order valence-corrected chi connectivity index (χ4v) is 1.85. The van der Waals surface area contributed by atoms with E-state index in [1.54, 1.807) is 4.90 Å². The molecule has 1 fully saturated rings. The maximum atomic E-state index is 11.3. The molecule has 14 heavy (non-hydrogen) atoms. The molecule has 1 N–H and O–H groups in total. The number of rotatable bonds is 3. The second-order valence-electron chi connectivity index (χ2n) is 3.72. The Morgan fingerprint density at radius 2 is 2.43 bits per heavy atom. The lowest BCUT2D eigenvalue weighted by atomic mass is 9.99. The van der Waals surface area contributed by atoms with Crippen LogP contribution in [0.15, 0.2) is 0 Å². The fourth-order valence-electron chi connectivity index (χ4n) is 1.85. The first kappa shape index (κ1) is 11.3. The minimum atomic E-state index is -0.210. The molecule has 1 amide bonds. The van der Waals surface area contributed by atoms with Crippen molar-refractivity contribution in [2.24, 2.45) is 5.92 Å². The van der Waals surface area contributed by atoms with Crippen LogP contribution in [0, 0.1) is 5.92 Å². The Labute approximate surface area is 85.6 Å². The molecule has 0 radical (unpaired) electrons. The number of amides is 1. The summed E-state index contributed by atoms with van der Waals surface area (Å²) in [6.07, 6.45) is 2.21. The summed E-state index contributed by atoms with van der Waals surface area (Å²) in [5, 5.41) is 3.34. The highest BCUT2D eigenvalue weighted by Crippen LogP contribution is 2.12. The van der Waals surface area contributed by atoms with Gasteiger partial charge >= 0.3 is 6.09 Å². The minimum absolute atomic E-state index is 0.210. The molecule has 4 heteroatoms. The number of ether oxygens (including phenoxy) is 1. The van der Waals surface area contributed by atoms with E-state index in [1.165, 1.54) is 20.0 Å². The number of nitrogens with one attached hydrogen (secondary N) is 1. The molecule has 1 aliphatic heterocycles. The molecule has 1 heterocycles. The van der Waals surface area contributed by atoms with Crippen molar-refractivity contribution >= 4 is 6.09 Å². The first-order valence-electron chi connectivity index (χ1n) is 5.31. The highest BCUT2D eigenvalue weighted by atomic mass is 16.5. The van der Waals surface area contributed by atoms with Gasteiger partial charge in [0.25, 0.3) is 0 Å². The molecule has 0 aromatic carbocycles. The molecule has 0 aliphatic carbocycles. The molecule has 1 aliphatic rings. The van der Waals surface area contributed by atoms with E-state index in [0.717, 1.165) is 26.2 Å². The number of carbonyl (C=O) groups is 1. The smallest absolute Gasteiger partial charge is 0.409 e. The van der Waals surface area contributed by atoms with E-state index in [-0.39, 0.29) is 6.09 Å². The Balaban J connectivity index is 2.34. The average Bonchev–Trinajstić information content (AvgIpc) is 2.26. The van der Waals surface area contributed by atoms with Crippen molar-refractivity contribution in [2.75, 3.05) is 33.3 Å². The van der Waals surface area contributed by atoms with Crippen LogP contribution in [-0.4, -0.2) is 44.3 Å². The van der Waals surface area contributed by atoms with E-state index in [1.807, 2.05) is 6.92 Å². The van der Waals surface area contributed by atoms with Gasteiger partial charge in [-0.15, -0.1) is 0 Å². The Hall–Kier alpha value is -0.770. The van der Waals surface area contributed by atoms with Crippen LogP contribution in [-0.2, 0) is 4.74 Å². The lowest BCUT2D eigenvalue weighted by Gasteiger charge is -2.28. The summed E-state index contributed by atoms with van der Waals surface area (Å²) in [4.78, 5) is 13.1. The summed E-state index contributed by atoms with van der Waals surface area (Å²) in [5.41, 5.74) is 0. The lowest BCUT2D eigenvalue weighted by molar-refractivity contribution is 0.116. The van der Waals surface area contributed by atoms with Crippen LogP contribution in [0.3, 0.4) is 0 Å². The molecular formula is C10H20N2O2. The molecular weight excluding hydrogens is 180 g/mol. The van der Waals surface area contributed by atoms with Gasteiger partial charge in [0.05, 0.1) is 7.11 Å². The van der Waals surface area contributed by atoms with Gasteiger partial charge in [-0.2, -0.15) is 0 Å². The Kier molecular flexibility index (Phi) is 4.73. The summed E-state index contributed by atoms with van der Waals surface area (Å²) in [6.45, 7) is 5.65. The van der Waals surface area contributed by atoms with Gasteiger partial charge in [-0.1, -0.05) is 0 Å². The molecule has 1 saturated heterocycles. The van der Waals surface area contributed by atoms with E-state index in [0.29, 0.717) is 5.92 Å². The predicted octanol–water partition coefficient (Wildman–Crippen LogP) is 1.07. The summed E-state index contributed by atoms with van der Waals surface area (Å²) >= 11 is 0. The van der Waals surface area contributed by atoms with Crippen molar-refractivity contribution in [1.29, 1.82) is 0 Å². The van der Waals surface area contributed by atoms with Gasteiger partial charge in [0.1, 0.15) is 0 Å². The van der Waals surface area contributed by atoms with Crippen molar-refractivity contribution in [3.05, 3.63) is 0 Å². The highest BCUT2D eigenvalue weighted by Gasteiger charge is 2.19. The second kappa shape index (κ2) is 5.86. The number of hydrogen-bond donors (Lipinski definition) is 1. The Morgan fingerprint density at radius 3 is 2.93 bits per heavy atom. The van der Waals surface area contributed by atoms with Gasteiger partial charge in [-0.25, -0.2) is 4.79 Å². The van der Waals surface area contributed by atoms with Crippen molar-refractivity contribution in [3.63, 3.8) is 0 Å². The van der Waals surface area contributed by atoms with E-state index in [2.05, 4.69) is 5.32 Å². The van der Waals surface area contributed by atoms with Crippen molar-refractivity contribution in [3.8, 4) is 0 Å². The summed E-state index contributed by atoms with van der Waals surface area (Å²) in [6, 6.07) is 0. The number of nitrogens with zero attached hydrogens (tertiary/aromatic N) is 1. The molecule has 0 aromatic heterocycles. The molecule has 82 valence electrons. The van der Waals surface area contributed by atoms with E-state index in [4.69, 9.17) is 4.74 Å². The SMILES string of the molecule is CCN(CC1CCCNC1)C(=O)OC. The monoisotopic (exact) mass is 200 g/mol. The third-order valence-corrected chi connectivity index (χ3v) is 2.69. The molecule has 0 spiro atoms. The molecule has 1 rings (SSSR count). The third-order valence-electron chi connectivity index (χ3n) is 2.69. The summed E-state index contributed by atoms with van der Waals surface area (Å²) < 4.78 is 4.71. The zero-order chi connectivity index (χ0) is 10.4. The van der Waals surface area contributed by atoms with Gasteiger partial charge in [0.2, 0.25) is 0 Å². The van der Waals surface area contributed by atoms with Crippen molar-refractivity contribution in [2.45, 2.75) is 19.8 Å². The third kappa shape index (κ3) is 3.18. The van der Waals surface area contributed by atoms with Gasteiger partial charge in [-0.3, -0.25) is 0 Å². The van der Waals surface area contributed by atoms with Gasteiger partial charge in [-0.05, 0) is 38.8 Å². The first-order chi connectivity index (χ1) is 6.77. The van der Waals surface area contributed by atoms with Crippen molar-refractivity contribution < 1.29 is 9.53 Å². The average molecular weight is 200 g/mol. The van der Waals surface area contributed by atoms with Gasteiger partial charge in [0.15, 0.2) is 0 Å². The molecule has 4 nitrogen and oxygen atoms in total. The maximum Gasteiger partial charge on any atom is 0.409 e. The second-order valence-corrected chi connectivity index (χ2v) is 3.72. The van der Waals surface area contributed by atoms with Gasteiger partial charge in [0, 0.05) is 13.1 Å². The number of hydrogen-bond acceptors (Lipinski definition) is 3. The molecule has 0 saturated carbocycles. The van der Waals surface area contributed by atoms with Crippen LogP contribution in [0.4, 0.5) is 4.79 Å². The summed E-state index contributed by atoms with van der Waals surface area (Å²) in [7, 11) is 1.43. The fraction of sp³-hybridized carbons (Fsp3) is 0.900. The van der Waals surface area contributed by atoms with Crippen LogP contribution in [0.5, 0.6) is 0 Å². The van der Waals surface area contributed by atoms with Crippen molar-refractivity contribution in [1.82, 2.24) is 10.2 Å². The van der Waals surface area contributed by atoms with Gasteiger partial charge < -0.3 is 15.0 Å². The van der Waals surface area contributed by atoms with Crippen LogP contribution in [0.1, 0.15) is 19.8 Å². The predicted molar refractivity (Wildman–Crippen MR) is 55.2 cm³/mol. The maximum absolute atomic E-state index is 11.3. The molecule has 0 aromatic rings. The molecule has 1 unspecified atom stereocenters. The van der Waals surface area contributed by atoms with Crippen LogP contribution >= 0.6 is 0 Å². The Bertz CT molecular complexity index is 179. The minimum Gasteiger partial charge on any atom is -0.453 e. The number of methoxy groups -OCH3 is 1. The first-order valence-corrected chi connectivity index (χ1v) is 5.31. The lowest BCUT2D eigenvalue weighted by Crippen LogP contribution is -2.40. The molecule has 1 atom stereocenters. The molecule has 0 bridgehead atoms.